The monoisotopic (exact) mass is 275 g/mol. The minimum absolute atomic E-state index is 0.0144. The summed E-state index contributed by atoms with van der Waals surface area (Å²) < 4.78 is 6.53. The highest BCUT2D eigenvalue weighted by Crippen LogP contribution is 2.23. The van der Waals surface area contributed by atoms with E-state index in [4.69, 9.17) is 4.74 Å². The lowest BCUT2D eigenvalue weighted by Gasteiger charge is -2.17. The number of nitrogens with zero attached hydrogens (tertiary/aromatic N) is 2. The lowest BCUT2D eigenvalue weighted by Crippen LogP contribution is -2.29. The number of carbonyl (C=O) groups is 1. The minimum atomic E-state index is -0.500. The zero-order valence-electron chi connectivity index (χ0n) is 11.7. The number of hydrogen-bond acceptors (Lipinski definition) is 5. The SMILES string of the molecule is CCOC(=O)c1c(C)c(C#N)c(=O)n2c1NCCCC2. The summed E-state index contributed by atoms with van der Waals surface area (Å²) in [5, 5.41) is 12.3. The van der Waals surface area contributed by atoms with Gasteiger partial charge < -0.3 is 10.1 Å². The summed E-state index contributed by atoms with van der Waals surface area (Å²) in [6.07, 6.45) is 1.74. The summed E-state index contributed by atoms with van der Waals surface area (Å²) in [5.74, 6) is -0.0258. The molecule has 0 fully saturated rings. The van der Waals surface area contributed by atoms with E-state index in [2.05, 4.69) is 5.32 Å². The molecule has 1 aliphatic rings. The molecule has 6 heteroatoms. The van der Waals surface area contributed by atoms with Crippen LogP contribution < -0.4 is 10.9 Å². The molecule has 0 bridgehead atoms. The van der Waals surface area contributed by atoms with Crippen LogP contribution in [-0.4, -0.2) is 23.7 Å². The van der Waals surface area contributed by atoms with E-state index in [-0.39, 0.29) is 17.7 Å². The van der Waals surface area contributed by atoms with Crippen LogP contribution in [0.1, 0.15) is 41.3 Å². The lowest BCUT2D eigenvalue weighted by atomic mass is 10.0. The van der Waals surface area contributed by atoms with Crippen molar-refractivity contribution in [2.75, 3.05) is 18.5 Å². The summed E-state index contributed by atoms with van der Waals surface area (Å²) in [5.41, 5.74) is 0.351. The van der Waals surface area contributed by atoms with Crippen molar-refractivity contribution in [2.24, 2.45) is 0 Å². The molecule has 0 aliphatic carbocycles. The van der Waals surface area contributed by atoms with Gasteiger partial charge in [-0.05, 0) is 32.3 Å². The van der Waals surface area contributed by atoms with Crippen molar-refractivity contribution in [3.05, 3.63) is 27.0 Å². The molecule has 0 atom stereocenters. The van der Waals surface area contributed by atoms with E-state index in [1.54, 1.807) is 13.8 Å². The molecule has 0 saturated carbocycles. The predicted molar refractivity (Wildman–Crippen MR) is 73.8 cm³/mol. The fourth-order valence-electron chi connectivity index (χ4n) is 2.42. The molecule has 1 N–H and O–H groups in total. The number of nitrogens with one attached hydrogen (secondary N) is 1. The topological polar surface area (TPSA) is 84.1 Å². The molecular formula is C14H17N3O3. The van der Waals surface area contributed by atoms with E-state index in [1.165, 1.54) is 4.57 Å². The van der Waals surface area contributed by atoms with Crippen molar-refractivity contribution in [2.45, 2.75) is 33.2 Å². The van der Waals surface area contributed by atoms with E-state index in [0.29, 0.717) is 30.0 Å². The Morgan fingerprint density at radius 3 is 2.90 bits per heavy atom. The zero-order chi connectivity index (χ0) is 14.7. The molecule has 0 unspecified atom stereocenters. The fourth-order valence-corrected chi connectivity index (χ4v) is 2.42. The van der Waals surface area contributed by atoms with E-state index >= 15 is 0 Å². The third-order valence-corrected chi connectivity index (χ3v) is 3.41. The number of carbonyl (C=O) groups excluding carboxylic acids is 1. The van der Waals surface area contributed by atoms with Crippen molar-refractivity contribution in [3.63, 3.8) is 0 Å². The third kappa shape index (κ3) is 2.27. The molecule has 20 heavy (non-hydrogen) atoms. The summed E-state index contributed by atoms with van der Waals surface area (Å²) in [7, 11) is 0. The Kier molecular flexibility index (Phi) is 4.08. The number of anilines is 1. The zero-order valence-corrected chi connectivity index (χ0v) is 11.7. The van der Waals surface area contributed by atoms with E-state index in [0.717, 1.165) is 12.8 Å². The Bertz CT molecular complexity index is 641. The standard InChI is InChI=1S/C14H17N3O3/c1-3-20-14(19)11-9(2)10(8-15)13(18)17-7-5-4-6-16-12(11)17/h16H,3-7H2,1-2H3. The molecule has 1 aromatic rings. The molecule has 1 aromatic heterocycles. The van der Waals surface area contributed by atoms with Gasteiger partial charge in [0.05, 0.1) is 6.61 Å². The second kappa shape index (κ2) is 5.78. The van der Waals surface area contributed by atoms with Gasteiger partial charge in [-0.2, -0.15) is 5.26 Å². The normalized spacial score (nSPS) is 13.7. The van der Waals surface area contributed by atoms with Gasteiger partial charge in [0, 0.05) is 13.1 Å². The Hall–Kier alpha value is -2.29. The summed E-state index contributed by atoms with van der Waals surface area (Å²) >= 11 is 0. The summed E-state index contributed by atoms with van der Waals surface area (Å²) in [6.45, 7) is 4.78. The van der Waals surface area contributed by atoms with Crippen molar-refractivity contribution < 1.29 is 9.53 Å². The molecule has 2 rings (SSSR count). The van der Waals surface area contributed by atoms with Gasteiger partial charge in [-0.15, -0.1) is 0 Å². The molecule has 0 saturated heterocycles. The largest absolute Gasteiger partial charge is 0.462 e. The smallest absolute Gasteiger partial charge is 0.342 e. The molecule has 0 spiro atoms. The van der Waals surface area contributed by atoms with Crippen LogP contribution in [0.4, 0.5) is 5.82 Å². The number of nitriles is 1. The second-order valence-corrected chi connectivity index (χ2v) is 4.65. The van der Waals surface area contributed by atoms with Crippen LogP contribution in [0.2, 0.25) is 0 Å². The van der Waals surface area contributed by atoms with Crippen LogP contribution in [0.25, 0.3) is 0 Å². The van der Waals surface area contributed by atoms with Gasteiger partial charge in [0.1, 0.15) is 23.0 Å². The van der Waals surface area contributed by atoms with Crippen LogP contribution in [0, 0.1) is 18.3 Å². The number of esters is 1. The van der Waals surface area contributed by atoms with Crippen LogP contribution in [0.5, 0.6) is 0 Å². The molecule has 6 nitrogen and oxygen atoms in total. The van der Waals surface area contributed by atoms with Crippen molar-refractivity contribution >= 4 is 11.8 Å². The molecule has 0 amide bonds. The molecule has 1 aliphatic heterocycles. The van der Waals surface area contributed by atoms with Crippen LogP contribution in [0.3, 0.4) is 0 Å². The fraction of sp³-hybridized carbons (Fsp3) is 0.500. The van der Waals surface area contributed by atoms with E-state index in [1.807, 2.05) is 6.07 Å². The Morgan fingerprint density at radius 1 is 1.50 bits per heavy atom. The highest BCUT2D eigenvalue weighted by atomic mass is 16.5. The number of pyridine rings is 1. The van der Waals surface area contributed by atoms with Gasteiger partial charge in [-0.25, -0.2) is 4.79 Å². The second-order valence-electron chi connectivity index (χ2n) is 4.65. The third-order valence-electron chi connectivity index (χ3n) is 3.41. The maximum atomic E-state index is 12.3. The highest BCUT2D eigenvalue weighted by molar-refractivity contribution is 5.97. The van der Waals surface area contributed by atoms with Crippen LogP contribution >= 0.6 is 0 Å². The number of aromatic nitrogens is 1. The first-order valence-electron chi connectivity index (χ1n) is 6.70. The Labute approximate surface area is 117 Å². The predicted octanol–water partition coefficient (Wildman–Crippen LogP) is 1.41. The minimum Gasteiger partial charge on any atom is -0.462 e. The van der Waals surface area contributed by atoms with Gasteiger partial charge in [-0.1, -0.05) is 0 Å². The quantitative estimate of drug-likeness (QED) is 0.825. The van der Waals surface area contributed by atoms with Gasteiger partial charge in [0.15, 0.2) is 0 Å². The maximum Gasteiger partial charge on any atom is 0.342 e. The van der Waals surface area contributed by atoms with Gasteiger partial charge >= 0.3 is 5.97 Å². The molecule has 2 heterocycles. The average molecular weight is 275 g/mol. The number of rotatable bonds is 2. The van der Waals surface area contributed by atoms with Crippen molar-refractivity contribution in [1.29, 1.82) is 5.26 Å². The van der Waals surface area contributed by atoms with E-state index in [9.17, 15) is 14.9 Å². The van der Waals surface area contributed by atoms with Gasteiger partial charge in [0.25, 0.3) is 5.56 Å². The first kappa shape index (κ1) is 14.1. The summed E-state index contributed by atoms with van der Waals surface area (Å²) in [4.78, 5) is 24.4. The van der Waals surface area contributed by atoms with Crippen LogP contribution in [-0.2, 0) is 11.3 Å². The van der Waals surface area contributed by atoms with Gasteiger partial charge in [-0.3, -0.25) is 9.36 Å². The van der Waals surface area contributed by atoms with Crippen molar-refractivity contribution in [3.8, 4) is 6.07 Å². The summed E-state index contributed by atoms with van der Waals surface area (Å²) in [6, 6.07) is 1.90. The highest BCUT2D eigenvalue weighted by Gasteiger charge is 2.25. The van der Waals surface area contributed by atoms with Crippen LogP contribution in [0.15, 0.2) is 4.79 Å². The number of fused-ring (bicyclic) bond motifs is 1. The Balaban J connectivity index is 2.75. The first-order valence-corrected chi connectivity index (χ1v) is 6.70. The lowest BCUT2D eigenvalue weighted by molar-refractivity contribution is 0.0525. The van der Waals surface area contributed by atoms with Crippen molar-refractivity contribution in [1.82, 2.24) is 4.57 Å². The van der Waals surface area contributed by atoms with E-state index < -0.39 is 5.97 Å². The number of ether oxygens (including phenoxy) is 1. The first-order chi connectivity index (χ1) is 9.61. The van der Waals surface area contributed by atoms with Gasteiger partial charge in [0.2, 0.25) is 0 Å². The average Bonchev–Trinajstić information content (AvgIpc) is 2.65. The molecule has 0 radical (unpaired) electrons. The molecular weight excluding hydrogens is 258 g/mol. The number of hydrogen-bond donors (Lipinski definition) is 1. The molecule has 106 valence electrons. The Morgan fingerprint density at radius 2 is 2.25 bits per heavy atom. The molecule has 0 aromatic carbocycles. The maximum absolute atomic E-state index is 12.3.